The van der Waals surface area contributed by atoms with Crippen LogP contribution in [0.3, 0.4) is 0 Å². The molecule has 0 saturated carbocycles. The molecule has 30 heavy (non-hydrogen) atoms. The summed E-state index contributed by atoms with van der Waals surface area (Å²) in [5, 5.41) is 7.31. The van der Waals surface area contributed by atoms with Gasteiger partial charge in [0.05, 0.1) is 0 Å². The van der Waals surface area contributed by atoms with Gasteiger partial charge in [-0.15, -0.1) is 0 Å². The first-order valence-corrected chi connectivity index (χ1v) is 16.6. The molecule has 0 aliphatic heterocycles. The Labute approximate surface area is 205 Å². The zero-order valence-corrected chi connectivity index (χ0v) is 22.2. The van der Waals surface area contributed by atoms with Crippen molar-refractivity contribution >= 4 is 80.3 Å². The van der Waals surface area contributed by atoms with Crippen LogP contribution in [0.1, 0.15) is 0 Å². The van der Waals surface area contributed by atoms with Crippen LogP contribution in [0.15, 0.2) is 25.3 Å². The Kier molecular flexibility index (Phi) is 19.2. The number of halogens is 2. The molecule has 0 heterocycles. The molecule has 0 aromatic carbocycles. The zero-order chi connectivity index (χ0) is 22.9. The van der Waals surface area contributed by atoms with Crippen LogP contribution in [0.5, 0.6) is 0 Å². The Bertz CT molecular complexity index is 708. The molecular weight excluding hydrogens is 662 g/mol. The Hall–Kier alpha value is 0.410. The topological polar surface area (TPSA) is 110 Å². The number of aliphatic hydroxyl groups is 1. The molecule has 0 aliphatic rings. The summed E-state index contributed by atoms with van der Waals surface area (Å²) >= 11 is 3.87. The number of carbonyl (C=O) groups excluding carboxylic acids is 2. The fourth-order valence-electron chi connectivity index (χ4n) is 1.69. The van der Waals surface area contributed by atoms with E-state index in [1.165, 1.54) is 0 Å². The van der Waals surface area contributed by atoms with Crippen LogP contribution in [-0.2, 0) is 37.6 Å². The summed E-state index contributed by atoms with van der Waals surface area (Å²) < 4.78 is 31.7. The first-order chi connectivity index (χ1) is 14.2. The molecule has 0 saturated heterocycles. The molecule has 15 heteroatoms. The third kappa shape index (κ3) is 18.0. The quantitative estimate of drug-likeness (QED) is 0.0862. The van der Waals surface area contributed by atoms with Crippen molar-refractivity contribution in [2.75, 3.05) is 39.6 Å². The van der Waals surface area contributed by atoms with Crippen molar-refractivity contribution < 1.29 is 42.7 Å². The first-order valence-electron chi connectivity index (χ1n) is 8.34. The number of carbonyl (C=O) groups is 2. The summed E-state index contributed by atoms with van der Waals surface area (Å²) in [5.41, 5.74) is 0. The zero-order valence-electron chi connectivity index (χ0n) is 16.1. The van der Waals surface area contributed by atoms with Gasteiger partial charge in [0.25, 0.3) is 0 Å². The Morgan fingerprint density at radius 1 is 0.833 bits per heavy atom. The van der Waals surface area contributed by atoms with Crippen LogP contribution < -0.4 is 0 Å². The molecule has 0 aromatic heterocycles. The van der Waals surface area contributed by atoms with E-state index in [4.69, 9.17) is 42.0 Å². The number of esters is 2. The second-order valence-electron chi connectivity index (χ2n) is 5.40. The van der Waals surface area contributed by atoms with E-state index in [0.717, 1.165) is 12.2 Å². The van der Waals surface area contributed by atoms with Gasteiger partial charge in [-0.05, 0) is 0 Å². The van der Waals surface area contributed by atoms with Crippen molar-refractivity contribution in [3.8, 4) is 0 Å². The van der Waals surface area contributed by atoms with Crippen molar-refractivity contribution in [2.24, 2.45) is 0 Å². The van der Waals surface area contributed by atoms with Crippen LogP contribution in [0.25, 0.3) is 0 Å². The predicted octanol–water partition coefficient (Wildman–Crippen LogP) is 2.27. The van der Waals surface area contributed by atoms with E-state index in [1.54, 1.807) is 0 Å². The molecule has 9 nitrogen and oxygen atoms in total. The summed E-state index contributed by atoms with van der Waals surface area (Å²) in [6, 6.07) is 0. The summed E-state index contributed by atoms with van der Waals surface area (Å²) in [7, 11) is 11.4. The summed E-state index contributed by atoms with van der Waals surface area (Å²) in [6.45, 7) is 6.52. The van der Waals surface area contributed by atoms with Gasteiger partial charge in [-0.3, -0.25) is 0 Å². The minimum absolute atomic E-state index is 0.0442. The van der Waals surface area contributed by atoms with E-state index >= 15 is 0 Å². The van der Waals surface area contributed by atoms with Gasteiger partial charge in [-0.25, -0.2) is 0 Å². The molecule has 5 atom stereocenters. The Morgan fingerprint density at radius 3 is 1.67 bits per heavy atom. The summed E-state index contributed by atoms with van der Waals surface area (Å²) in [6.07, 6.45) is -0.0369. The second-order valence-corrected chi connectivity index (χ2v) is 12.6. The van der Waals surface area contributed by atoms with Crippen molar-refractivity contribution in [3.05, 3.63) is 25.3 Å². The van der Waals surface area contributed by atoms with Gasteiger partial charge < -0.3 is 0 Å². The average molecular weight is 684 g/mol. The maximum absolute atomic E-state index is 11.2. The van der Waals surface area contributed by atoms with E-state index in [0.29, 0.717) is 0 Å². The number of hydrogen-bond acceptors (Lipinski definition) is 9. The van der Waals surface area contributed by atoms with Crippen LogP contribution in [0, 0.1) is 0 Å². The fourth-order valence-corrected chi connectivity index (χ4v) is 4.43. The molecule has 0 fully saturated rings. The molecule has 0 spiro atoms. The third-order valence-electron chi connectivity index (χ3n) is 2.88. The van der Waals surface area contributed by atoms with Crippen LogP contribution >= 0.6 is 54.3 Å². The van der Waals surface area contributed by atoms with E-state index in [2.05, 4.69) is 13.2 Å². The van der Waals surface area contributed by atoms with Gasteiger partial charge in [0, 0.05) is 0 Å². The molecule has 0 amide bonds. The molecule has 0 aromatic rings. The maximum atomic E-state index is 11.2. The molecule has 1 N–H and O–H groups in total. The molecule has 5 unspecified atom stereocenters. The van der Waals surface area contributed by atoms with Crippen molar-refractivity contribution in [1.82, 2.24) is 0 Å². The molecule has 0 rings (SSSR count). The number of hydrogen-bond donors (Lipinski definition) is 1. The Morgan fingerprint density at radius 2 is 1.23 bits per heavy atom. The normalized spacial score (nSPS) is 14.9. The van der Waals surface area contributed by atoms with Gasteiger partial charge >= 0.3 is 206 Å². The van der Waals surface area contributed by atoms with Gasteiger partial charge in [-0.2, -0.15) is 0 Å². The molecular formula is C15H22B2I2O9P2. The molecule has 0 radical (unpaired) electrons. The van der Waals surface area contributed by atoms with E-state index in [-0.39, 0.29) is 39.6 Å². The Balaban J connectivity index is 4.45. The van der Waals surface area contributed by atoms with E-state index in [9.17, 15) is 14.7 Å². The number of ether oxygens (including phenoxy) is 4. The SMILES string of the molecule is B#P(I)OC(COCC(O)COC(=O)C=C)COCC(COC(=O)C=C)OP(#B)I. The minimum atomic E-state index is -1.22. The molecule has 0 aliphatic carbocycles. The second kappa shape index (κ2) is 18.9. The number of rotatable bonds is 16. The van der Waals surface area contributed by atoms with E-state index in [1.807, 2.05) is 44.1 Å². The first kappa shape index (κ1) is 30.4. The molecule has 166 valence electrons. The van der Waals surface area contributed by atoms with Gasteiger partial charge in [0.2, 0.25) is 0 Å². The average Bonchev–Trinajstić information content (AvgIpc) is 2.68. The summed E-state index contributed by atoms with van der Waals surface area (Å²) in [4.78, 5) is 22.2. The fraction of sp³-hybridized carbons (Fsp3) is 0.600. The van der Waals surface area contributed by atoms with Gasteiger partial charge in [0.1, 0.15) is 0 Å². The monoisotopic (exact) mass is 684 g/mol. The van der Waals surface area contributed by atoms with Crippen LogP contribution in [-0.4, -0.2) is 89.0 Å². The summed E-state index contributed by atoms with van der Waals surface area (Å²) in [5.74, 6) is -1.21. The van der Waals surface area contributed by atoms with Gasteiger partial charge in [-0.1, -0.05) is 0 Å². The van der Waals surface area contributed by atoms with Crippen LogP contribution in [0.4, 0.5) is 0 Å². The standard InChI is InChI=1S/C15H22B2I2O9P2/c1-3-14(21)25-6-11(20)5-23-7-12(27-29(16)18)8-24-9-13(28-30(17)19)10-26-15(22)4-2/h3-4,11-13,20H,1-2,5-10H2. The third-order valence-corrected chi connectivity index (χ3v) is 5.25. The van der Waals surface area contributed by atoms with E-state index < -0.39 is 40.5 Å². The van der Waals surface area contributed by atoms with Crippen molar-refractivity contribution in [2.45, 2.75) is 18.3 Å². The van der Waals surface area contributed by atoms with Crippen LogP contribution in [0.2, 0.25) is 0 Å². The van der Waals surface area contributed by atoms with Crippen molar-refractivity contribution in [3.63, 3.8) is 0 Å². The van der Waals surface area contributed by atoms with Crippen molar-refractivity contribution in [1.29, 1.82) is 0 Å². The number of aliphatic hydroxyl groups excluding tert-OH is 1. The predicted molar refractivity (Wildman–Crippen MR) is 133 cm³/mol. The molecule has 0 bridgehead atoms. The van der Waals surface area contributed by atoms with Gasteiger partial charge in [0.15, 0.2) is 0 Å².